The Kier molecular flexibility index (Phi) is 4.91. The number of para-hydroxylation sites is 1. The third-order valence-electron chi connectivity index (χ3n) is 5.04. The lowest BCUT2D eigenvalue weighted by Crippen LogP contribution is -2.42. The Morgan fingerprint density at radius 2 is 1.97 bits per heavy atom. The maximum Gasteiger partial charge on any atom is 0.325 e. The van der Waals surface area contributed by atoms with Crippen LogP contribution in [0.4, 0.5) is 11.4 Å². The number of rotatable bonds is 4. The van der Waals surface area contributed by atoms with Crippen molar-refractivity contribution in [2.45, 2.75) is 17.7 Å². The van der Waals surface area contributed by atoms with Crippen molar-refractivity contribution < 1.29 is 27.5 Å². The van der Waals surface area contributed by atoms with Crippen LogP contribution in [-0.2, 0) is 30.8 Å². The second kappa shape index (κ2) is 7.40. The Bertz CT molecular complexity index is 1080. The van der Waals surface area contributed by atoms with E-state index in [1.807, 2.05) is 18.2 Å². The summed E-state index contributed by atoms with van der Waals surface area (Å²) in [7, 11) is -2.64. The van der Waals surface area contributed by atoms with Gasteiger partial charge in [0.05, 0.1) is 23.4 Å². The van der Waals surface area contributed by atoms with E-state index in [1.165, 1.54) is 34.5 Å². The molecule has 1 amide bonds. The molecule has 0 radical (unpaired) electrons. The van der Waals surface area contributed by atoms with Crippen molar-refractivity contribution in [3.05, 3.63) is 48.0 Å². The largest absolute Gasteiger partial charge is 0.482 e. The fourth-order valence-electron chi connectivity index (χ4n) is 3.59. The van der Waals surface area contributed by atoms with Crippen molar-refractivity contribution in [1.29, 1.82) is 0 Å². The Balaban J connectivity index is 1.75. The number of nitrogens with zero attached hydrogens (tertiary/aromatic N) is 2. The van der Waals surface area contributed by atoms with E-state index in [2.05, 4.69) is 4.74 Å². The highest BCUT2D eigenvalue weighted by Crippen LogP contribution is 2.37. The van der Waals surface area contributed by atoms with E-state index in [9.17, 15) is 18.0 Å². The van der Waals surface area contributed by atoms with Gasteiger partial charge in [0.1, 0.15) is 12.3 Å². The van der Waals surface area contributed by atoms with Gasteiger partial charge < -0.3 is 9.47 Å². The first-order chi connectivity index (χ1) is 13.9. The maximum absolute atomic E-state index is 13.4. The molecule has 29 heavy (non-hydrogen) atoms. The van der Waals surface area contributed by atoms with Gasteiger partial charge in [-0.15, -0.1) is 0 Å². The molecule has 2 aliphatic heterocycles. The molecule has 0 N–H and O–H groups in total. The Morgan fingerprint density at radius 1 is 1.17 bits per heavy atom. The van der Waals surface area contributed by atoms with E-state index in [0.29, 0.717) is 18.0 Å². The molecule has 0 aliphatic carbocycles. The minimum atomic E-state index is -3.86. The van der Waals surface area contributed by atoms with Gasteiger partial charge in [0, 0.05) is 6.54 Å². The highest BCUT2D eigenvalue weighted by Gasteiger charge is 2.33. The molecule has 2 aliphatic rings. The molecule has 2 aromatic rings. The molecular weight excluding hydrogens is 396 g/mol. The second-order valence-corrected chi connectivity index (χ2v) is 8.65. The first-order valence-corrected chi connectivity index (χ1v) is 10.6. The second-order valence-electron chi connectivity index (χ2n) is 6.78. The van der Waals surface area contributed by atoms with E-state index in [0.717, 1.165) is 18.4 Å². The lowest BCUT2D eigenvalue weighted by molar-refractivity contribution is -0.140. The van der Waals surface area contributed by atoms with Crippen LogP contribution >= 0.6 is 0 Å². The van der Waals surface area contributed by atoms with Gasteiger partial charge in [-0.3, -0.25) is 18.8 Å². The summed E-state index contributed by atoms with van der Waals surface area (Å²) in [6, 6.07) is 11.8. The number of hydrogen-bond acceptors (Lipinski definition) is 6. The zero-order chi connectivity index (χ0) is 20.6. The molecule has 9 heteroatoms. The summed E-state index contributed by atoms with van der Waals surface area (Å²) in [5.74, 6) is -0.711. The molecule has 152 valence electrons. The number of amides is 1. The fraction of sp³-hybridized carbons (Fsp3) is 0.300. The molecule has 0 bridgehead atoms. The van der Waals surface area contributed by atoms with Gasteiger partial charge in [-0.05, 0) is 42.7 Å². The Labute approximate surface area is 168 Å². The van der Waals surface area contributed by atoms with Gasteiger partial charge in [-0.2, -0.15) is 0 Å². The number of anilines is 2. The third-order valence-corrected chi connectivity index (χ3v) is 6.85. The van der Waals surface area contributed by atoms with Crippen LogP contribution in [0, 0.1) is 0 Å². The maximum atomic E-state index is 13.4. The average molecular weight is 416 g/mol. The van der Waals surface area contributed by atoms with Gasteiger partial charge in [0.2, 0.25) is 0 Å². The first kappa shape index (κ1) is 19.3. The molecule has 8 nitrogen and oxygen atoms in total. The fourth-order valence-corrected chi connectivity index (χ4v) is 5.15. The van der Waals surface area contributed by atoms with Crippen LogP contribution in [0.2, 0.25) is 0 Å². The van der Waals surface area contributed by atoms with Crippen LogP contribution in [0.1, 0.15) is 12.0 Å². The van der Waals surface area contributed by atoms with Crippen molar-refractivity contribution in [2.75, 3.05) is 36.0 Å². The highest BCUT2D eigenvalue weighted by molar-refractivity contribution is 7.92. The number of sulfonamides is 1. The summed E-state index contributed by atoms with van der Waals surface area (Å²) < 4.78 is 38.2. The van der Waals surface area contributed by atoms with Crippen LogP contribution in [0.25, 0.3) is 0 Å². The molecule has 2 aromatic carbocycles. The molecule has 4 rings (SSSR count). The number of fused-ring (bicyclic) bond motifs is 2. The van der Waals surface area contributed by atoms with E-state index >= 15 is 0 Å². The minimum Gasteiger partial charge on any atom is -0.482 e. The molecule has 0 saturated carbocycles. The molecule has 0 spiro atoms. The quantitative estimate of drug-likeness (QED) is 0.705. The van der Waals surface area contributed by atoms with Crippen molar-refractivity contribution in [1.82, 2.24) is 0 Å². The predicted octanol–water partition coefficient (Wildman–Crippen LogP) is 1.73. The number of esters is 1. The van der Waals surface area contributed by atoms with Crippen LogP contribution in [0.5, 0.6) is 5.75 Å². The Hall–Kier alpha value is -3.07. The molecule has 0 saturated heterocycles. The minimum absolute atomic E-state index is 0.0288. The van der Waals surface area contributed by atoms with Crippen molar-refractivity contribution in [2.24, 2.45) is 0 Å². The predicted molar refractivity (Wildman–Crippen MR) is 106 cm³/mol. The van der Waals surface area contributed by atoms with Crippen LogP contribution in [0.15, 0.2) is 47.4 Å². The number of benzene rings is 2. The van der Waals surface area contributed by atoms with Crippen molar-refractivity contribution in [3.8, 4) is 5.75 Å². The van der Waals surface area contributed by atoms with Gasteiger partial charge >= 0.3 is 5.97 Å². The smallest absolute Gasteiger partial charge is 0.325 e. The van der Waals surface area contributed by atoms with Crippen LogP contribution in [-0.4, -0.2) is 47.1 Å². The normalized spacial score (nSPS) is 16.0. The van der Waals surface area contributed by atoms with Crippen LogP contribution < -0.4 is 13.9 Å². The number of aryl methyl sites for hydroxylation is 1. The van der Waals surface area contributed by atoms with Crippen molar-refractivity contribution >= 4 is 33.3 Å². The lowest BCUT2D eigenvalue weighted by Gasteiger charge is -2.32. The molecular formula is C20H20N2O6S. The molecule has 0 unspecified atom stereocenters. The summed E-state index contributed by atoms with van der Waals surface area (Å²) in [6.45, 7) is -0.172. The van der Waals surface area contributed by atoms with E-state index in [-0.39, 0.29) is 23.7 Å². The number of ether oxygens (including phenoxy) is 2. The van der Waals surface area contributed by atoms with Gasteiger partial charge in [-0.1, -0.05) is 18.2 Å². The Morgan fingerprint density at radius 3 is 2.76 bits per heavy atom. The number of carbonyl (C=O) groups excluding carboxylic acids is 2. The molecule has 0 aromatic heterocycles. The zero-order valence-corrected chi connectivity index (χ0v) is 16.6. The number of hydrogen-bond donors (Lipinski definition) is 0. The average Bonchev–Trinajstić information content (AvgIpc) is 2.74. The van der Waals surface area contributed by atoms with Crippen molar-refractivity contribution in [3.63, 3.8) is 0 Å². The lowest BCUT2D eigenvalue weighted by atomic mass is 10.0. The SMILES string of the molecule is COC(=O)CN1C(=O)COc2ccc(S(=O)(=O)N3CCCc4ccccc43)cc21. The summed E-state index contributed by atoms with van der Waals surface area (Å²) in [5, 5.41) is 0. The molecule has 0 fully saturated rings. The molecule has 2 heterocycles. The number of methoxy groups -OCH3 is 1. The summed E-state index contributed by atoms with van der Waals surface area (Å²) >= 11 is 0. The monoisotopic (exact) mass is 416 g/mol. The van der Waals surface area contributed by atoms with Crippen LogP contribution in [0.3, 0.4) is 0 Å². The topological polar surface area (TPSA) is 93.2 Å². The van der Waals surface area contributed by atoms with E-state index in [4.69, 9.17) is 4.74 Å². The van der Waals surface area contributed by atoms with E-state index < -0.39 is 21.9 Å². The highest BCUT2D eigenvalue weighted by atomic mass is 32.2. The third kappa shape index (κ3) is 3.42. The van der Waals surface area contributed by atoms with E-state index in [1.54, 1.807) is 6.07 Å². The zero-order valence-electron chi connectivity index (χ0n) is 15.8. The molecule has 0 atom stereocenters. The first-order valence-electron chi connectivity index (χ1n) is 9.16. The summed E-state index contributed by atoms with van der Waals surface area (Å²) in [4.78, 5) is 25.2. The number of carbonyl (C=O) groups is 2. The standard InChI is InChI=1S/C20H20N2O6S/c1-27-20(24)12-21-17-11-15(8-9-18(17)28-13-19(21)23)29(25,26)22-10-4-6-14-5-2-3-7-16(14)22/h2-3,5,7-9,11H,4,6,10,12-13H2,1H3. The van der Waals surface area contributed by atoms with Gasteiger partial charge in [0.25, 0.3) is 15.9 Å². The summed E-state index contributed by atoms with van der Waals surface area (Å²) in [5.41, 5.74) is 1.87. The summed E-state index contributed by atoms with van der Waals surface area (Å²) in [6.07, 6.45) is 1.54. The van der Waals surface area contributed by atoms with Gasteiger partial charge in [0.15, 0.2) is 6.61 Å². The van der Waals surface area contributed by atoms with Gasteiger partial charge in [-0.25, -0.2) is 8.42 Å².